The third-order valence-corrected chi connectivity index (χ3v) is 7.37. The Morgan fingerprint density at radius 1 is 1.29 bits per heavy atom. The number of carbonyl (C=O) groups excluding carboxylic acids is 1. The highest BCUT2D eigenvalue weighted by molar-refractivity contribution is 7.99. The normalized spacial score (nSPS) is 13.7. The number of rotatable bonds is 9. The molecule has 0 saturated heterocycles. The average Bonchev–Trinajstić information content (AvgIpc) is 3.58. The maximum absolute atomic E-state index is 12.8. The number of hydrogen-bond donors (Lipinski definition) is 2. The van der Waals surface area contributed by atoms with Gasteiger partial charge in [-0.2, -0.15) is 5.26 Å². The monoisotopic (exact) mass is 478 g/mol. The van der Waals surface area contributed by atoms with Crippen molar-refractivity contribution < 1.29 is 9.53 Å². The number of benzene rings is 1. The predicted molar refractivity (Wildman–Crippen MR) is 133 cm³/mol. The topological polar surface area (TPSA) is 109 Å². The molecule has 1 amide bonds. The fourth-order valence-electron chi connectivity index (χ4n) is 4.51. The van der Waals surface area contributed by atoms with Gasteiger partial charge in [-0.25, -0.2) is 4.98 Å². The fraction of sp³-hybridized carbons (Fsp3) is 0.440. The standard InChI is InChI=1S/C25H30N6O2S/c1-16-17(2)31(19-9-11-20(33-3)12-10-19)24(21(16)14-26)28-23(32)15-34-25-27-22(29-30-25)13-8-18-6-4-5-7-18/h9-12,18H,4-8,13,15H2,1-3H3,(H,28,32)(H,27,29,30). The van der Waals surface area contributed by atoms with E-state index in [1.165, 1.54) is 37.4 Å². The number of H-pyrrole nitrogens is 1. The van der Waals surface area contributed by atoms with Crippen LogP contribution in [0.25, 0.3) is 5.69 Å². The average molecular weight is 479 g/mol. The van der Waals surface area contributed by atoms with Crippen molar-refractivity contribution in [2.75, 3.05) is 18.2 Å². The van der Waals surface area contributed by atoms with Gasteiger partial charge in [0.1, 0.15) is 23.5 Å². The first-order valence-corrected chi connectivity index (χ1v) is 12.6. The van der Waals surface area contributed by atoms with Crippen molar-refractivity contribution in [3.05, 3.63) is 46.9 Å². The van der Waals surface area contributed by atoms with E-state index in [0.29, 0.717) is 16.5 Å². The summed E-state index contributed by atoms with van der Waals surface area (Å²) in [7, 11) is 1.62. The molecule has 0 radical (unpaired) electrons. The molecule has 0 atom stereocenters. The van der Waals surface area contributed by atoms with Gasteiger partial charge in [-0.15, -0.1) is 5.10 Å². The van der Waals surface area contributed by atoms with Gasteiger partial charge in [0, 0.05) is 17.8 Å². The zero-order valence-corrected chi connectivity index (χ0v) is 20.7. The summed E-state index contributed by atoms with van der Waals surface area (Å²) < 4.78 is 7.14. The molecule has 0 bridgehead atoms. The zero-order chi connectivity index (χ0) is 24.1. The number of hydrogen-bond acceptors (Lipinski definition) is 6. The van der Waals surface area contributed by atoms with E-state index < -0.39 is 0 Å². The number of carbonyl (C=O) groups is 1. The van der Waals surface area contributed by atoms with Crippen LogP contribution in [-0.4, -0.2) is 38.5 Å². The van der Waals surface area contributed by atoms with Crippen LogP contribution in [0.1, 0.15) is 54.7 Å². The molecule has 1 aliphatic rings. The Balaban J connectivity index is 1.42. The van der Waals surface area contributed by atoms with Crippen LogP contribution in [0.15, 0.2) is 29.4 Å². The minimum Gasteiger partial charge on any atom is -0.497 e. The summed E-state index contributed by atoms with van der Waals surface area (Å²) in [5.41, 5.74) is 3.03. The maximum Gasteiger partial charge on any atom is 0.236 e. The van der Waals surface area contributed by atoms with Crippen molar-refractivity contribution in [3.63, 3.8) is 0 Å². The van der Waals surface area contributed by atoms with E-state index in [4.69, 9.17) is 4.74 Å². The van der Waals surface area contributed by atoms with Gasteiger partial charge in [-0.3, -0.25) is 14.5 Å². The Kier molecular flexibility index (Phi) is 7.58. The third-order valence-electron chi connectivity index (χ3n) is 6.52. The van der Waals surface area contributed by atoms with Crippen LogP contribution >= 0.6 is 11.8 Å². The molecule has 1 aliphatic carbocycles. The quantitative estimate of drug-likeness (QED) is 0.422. The lowest BCUT2D eigenvalue weighted by atomic mass is 10.0. The largest absolute Gasteiger partial charge is 0.497 e. The number of thioether (sulfide) groups is 1. The van der Waals surface area contributed by atoms with Crippen LogP contribution in [0.4, 0.5) is 5.82 Å². The van der Waals surface area contributed by atoms with E-state index in [2.05, 4.69) is 26.6 Å². The van der Waals surface area contributed by atoms with Crippen LogP contribution in [0.2, 0.25) is 0 Å². The summed E-state index contributed by atoms with van der Waals surface area (Å²) in [5.74, 6) is 2.82. The van der Waals surface area contributed by atoms with E-state index in [1.54, 1.807) is 7.11 Å². The Morgan fingerprint density at radius 2 is 2.03 bits per heavy atom. The molecule has 2 aromatic heterocycles. The van der Waals surface area contributed by atoms with Crippen molar-refractivity contribution in [2.45, 2.75) is 57.5 Å². The second-order valence-corrected chi connectivity index (χ2v) is 9.61. The van der Waals surface area contributed by atoms with Gasteiger partial charge in [-0.05, 0) is 56.0 Å². The number of nitrogens with zero attached hydrogens (tertiary/aromatic N) is 4. The van der Waals surface area contributed by atoms with E-state index in [-0.39, 0.29) is 11.7 Å². The molecule has 2 heterocycles. The molecule has 0 spiro atoms. The summed E-state index contributed by atoms with van der Waals surface area (Å²) in [4.78, 5) is 17.4. The summed E-state index contributed by atoms with van der Waals surface area (Å²) >= 11 is 1.28. The highest BCUT2D eigenvalue weighted by atomic mass is 32.2. The number of nitrogens with one attached hydrogen (secondary N) is 2. The number of aryl methyl sites for hydroxylation is 1. The van der Waals surface area contributed by atoms with Crippen molar-refractivity contribution in [3.8, 4) is 17.5 Å². The summed E-state index contributed by atoms with van der Waals surface area (Å²) in [6.07, 6.45) is 7.34. The molecule has 1 saturated carbocycles. The van der Waals surface area contributed by atoms with E-state index in [1.807, 2.05) is 42.7 Å². The number of nitriles is 1. The van der Waals surface area contributed by atoms with Crippen LogP contribution < -0.4 is 10.1 Å². The lowest BCUT2D eigenvalue weighted by Crippen LogP contribution is -2.17. The molecule has 3 aromatic rings. The second-order valence-electron chi connectivity index (χ2n) is 8.67. The molecule has 34 heavy (non-hydrogen) atoms. The summed E-state index contributed by atoms with van der Waals surface area (Å²) in [6.45, 7) is 3.82. The highest BCUT2D eigenvalue weighted by Gasteiger charge is 2.21. The van der Waals surface area contributed by atoms with Gasteiger partial charge in [0.05, 0.1) is 18.4 Å². The number of anilines is 1. The minimum absolute atomic E-state index is 0.149. The van der Waals surface area contributed by atoms with Crippen LogP contribution in [0, 0.1) is 31.1 Å². The van der Waals surface area contributed by atoms with Gasteiger partial charge in [0.25, 0.3) is 0 Å². The molecule has 4 rings (SSSR count). The molecule has 8 nitrogen and oxygen atoms in total. The Hall–Kier alpha value is -3.25. The molecular weight excluding hydrogens is 448 g/mol. The Morgan fingerprint density at radius 3 is 2.71 bits per heavy atom. The molecule has 178 valence electrons. The number of methoxy groups -OCH3 is 1. The van der Waals surface area contributed by atoms with Crippen molar-refractivity contribution in [2.24, 2.45) is 5.92 Å². The van der Waals surface area contributed by atoms with Crippen LogP contribution in [0.5, 0.6) is 5.75 Å². The highest BCUT2D eigenvalue weighted by Crippen LogP contribution is 2.31. The Labute approximate surface area is 204 Å². The summed E-state index contributed by atoms with van der Waals surface area (Å²) in [6, 6.07) is 9.75. The van der Waals surface area contributed by atoms with E-state index in [0.717, 1.165) is 47.3 Å². The van der Waals surface area contributed by atoms with Crippen molar-refractivity contribution in [1.82, 2.24) is 19.7 Å². The van der Waals surface area contributed by atoms with Gasteiger partial charge in [-0.1, -0.05) is 37.4 Å². The minimum atomic E-state index is -0.217. The number of aromatic nitrogens is 4. The van der Waals surface area contributed by atoms with Crippen molar-refractivity contribution >= 4 is 23.5 Å². The smallest absolute Gasteiger partial charge is 0.236 e. The van der Waals surface area contributed by atoms with Gasteiger partial charge in [0.15, 0.2) is 0 Å². The number of amides is 1. The molecule has 9 heteroatoms. The molecule has 2 N–H and O–H groups in total. The van der Waals surface area contributed by atoms with Gasteiger partial charge < -0.3 is 10.1 Å². The van der Waals surface area contributed by atoms with Crippen LogP contribution in [0.3, 0.4) is 0 Å². The first-order valence-electron chi connectivity index (χ1n) is 11.6. The molecule has 0 aliphatic heterocycles. The van der Waals surface area contributed by atoms with Gasteiger partial charge in [0.2, 0.25) is 11.1 Å². The van der Waals surface area contributed by atoms with E-state index >= 15 is 0 Å². The third kappa shape index (κ3) is 5.28. The molecule has 0 unspecified atom stereocenters. The lowest BCUT2D eigenvalue weighted by Gasteiger charge is -2.13. The summed E-state index contributed by atoms with van der Waals surface area (Å²) in [5, 5.41) is 20.5. The lowest BCUT2D eigenvalue weighted by molar-refractivity contribution is -0.113. The molecular formula is C25H30N6O2S. The predicted octanol–water partition coefficient (Wildman–Crippen LogP) is 4.95. The fourth-order valence-corrected chi connectivity index (χ4v) is 5.12. The SMILES string of the molecule is COc1ccc(-n2c(C)c(C)c(C#N)c2NC(=O)CSc2n[nH]c(CCC3CCCC3)n2)cc1. The first kappa shape index (κ1) is 23.9. The second kappa shape index (κ2) is 10.8. The van der Waals surface area contributed by atoms with Crippen molar-refractivity contribution in [1.29, 1.82) is 5.26 Å². The zero-order valence-electron chi connectivity index (χ0n) is 19.9. The number of aromatic amines is 1. The maximum atomic E-state index is 12.8. The first-order chi connectivity index (χ1) is 16.5. The molecule has 1 fully saturated rings. The molecule has 1 aromatic carbocycles. The van der Waals surface area contributed by atoms with Crippen LogP contribution in [-0.2, 0) is 11.2 Å². The Bertz CT molecular complexity index is 1190. The number of ether oxygens (including phenoxy) is 1. The van der Waals surface area contributed by atoms with Gasteiger partial charge >= 0.3 is 0 Å². The van der Waals surface area contributed by atoms with E-state index in [9.17, 15) is 10.1 Å².